The van der Waals surface area contributed by atoms with E-state index < -0.39 is 10.0 Å². The minimum atomic E-state index is -3.72. The molecule has 3 rings (SSSR count). The predicted octanol–water partition coefficient (Wildman–Crippen LogP) is 4.65. The largest absolute Gasteiger partial charge is 0.326 e. The number of ketones is 1. The Morgan fingerprint density at radius 1 is 0.774 bits per heavy atom. The number of amides is 1. The van der Waals surface area contributed by atoms with Crippen molar-refractivity contribution >= 4 is 33.1 Å². The highest BCUT2D eigenvalue weighted by molar-refractivity contribution is 7.92. The second-order valence-electron chi connectivity index (χ2n) is 7.02. The smallest absolute Gasteiger partial charge is 0.261 e. The summed E-state index contributed by atoms with van der Waals surface area (Å²) in [6.07, 6.45) is 1.05. The number of carbonyl (C=O) groups excluding carboxylic acids is 2. The Balaban J connectivity index is 1.54. The number of Topliss-reactive ketones (excluding diaryl/α,β-unsaturated/α-hetero) is 1. The molecule has 0 aromatic heterocycles. The van der Waals surface area contributed by atoms with Crippen LogP contribution in [-0.4, -0.2) is 20.1 Å². The zero-order valence-corrected chi connectivity index (χ0v) is 18.0. The third kappa shape index (κ3) is 6.26. The maximum atomic E-state index is 12.5. The number of benzene rings is 3. The van der Waals surface area contributed by atoms with Crippen molar-refractivity contribution in [2.75, 3.05) is 10.0 Å². The molecule has 31 heavy (non-hydrogen) atoms. The molecule has 0 aliphatic rings. The summed E-state index contributed by atoms with van der Waals surface area (Å²) in [6.45, 7) is 2.04. The quantitative estimate of drug-likeness (QED) is 0.478. The van der Waals surface area contributed by atoms with Gasteiger partial charge in [0.15, 0.2) is 5.78 Å². The normalized spacial score (nSPS) is 11.0. The van der Waals surface area contributed by atoms with Crippen molar-refractivity contribution in [3.05, 3.63) is 90.0 Å². The molecule has 0 saturated heterocycles. The van der Waals surface area contributed by atoms with E-state index >= 15 is 0 Å². The first kappa shape index (κ1) is 22.2. The van der Waals surface area contributed by atoms with E-state index in [0.29, 0.717) is 16.9 Å². The molecule has 1 amide bonds. The van der Waals surface area contributed by atoms with E-state index in [-0.39, 0.29) is 29.4 Å². The third-order valence-electron chi connectivity index (χ3n) is 4.74. The Bertz CT molecular complexity index is 1140. The van der Waals surface area contributed by atoms with Crippen LogP contribution in [0.5, 0.6) is 0 Å². The number of rotatable bonds is 9. The number of sulfonamides is 1. The van der Waals surface area contributed by atoms with Gasteiger partial charge in [-0.2, -0.15) is 0 Å². The molecule has 0 radical (unpaired) electrons. The monoisotopic (exact) mass is 436 g/mol. The number of aryl methyl sites for hydroxylation is 1. The van der Waals surface area contributed by atoms with Crippen LogP contribution >= 0.6 is 0 Å². The van der Waals surface area contributed by atoms with Gasteiger partial charge in [0.2, 0.25) is 5.91 Å². The SMILES string of the molecule is CCc1ccc(C(=O)CCC(=O)Nc2ccc(S(=O)(=O)Nc3ccccc3)cc2)cc1. The van der Waals surface area contributed by atoms with Gasteiger partial charge in [0.25, 0.3) is 10.0 Å². The highest BCUT2D eigenvalue weighted by atomic mass is 32.2. The van der Waals surface area contributed by atoms with Crippen LogP contribution in [0.1, 0.15) is 35.7 Å². The fourth-order valence-corrected chi connectivity index (χ4v) is 4.02. The second kappa shape index (κ2) is 10.0. The molecule has 0 heterocycles. The molecule has 2 N–H and O–H groups in total. The number of anilines is 2. The molecule has 0 unspecified atom stereocenters. The zero-order chi connectivity index (χ0) is 22.3. The topological polar surface area (TPSA) is 92.3 Å². The van der Waals surface area contributed by atoms with E-state index in [0.717, 1.165) is 12.0 Å². The molecular weight excluding hydrogens is 412 g/mol. The third-order valence-corrected chi connectivity index (χ3v) is 6.13. The molecule has 0 atom stereocenters. The van der Waals surface area contributed by atoms with E-state index in [4.69, 9.17) is 0 Å². The van der Waals surface area contributed by atoms with Crippen LogP contribution in [-0.2, 0) is 21.2 Å². The second-order valence-corrected chi connectivity index (χ2v) is 8.70. The summed E-state index contributed by atoms with van der Waals surface area (Å²) in [5.74, 6) is -0.400. The standard InChI is InChI=1S/C24H24N2O4S/c1-2-18-8-10-19(11-9-18)23(27)16-17-24(28)25-20-12-14-22(15-13-20)31(29,30)26-21-6-4-3-5-7-21/h3-15,26H,2,16-17H2,1H3,(H,25,28). The fourth-order valence-electron chi connectivity index (χ4n) is 2.96. The van der Waals surface area contributed by atoms with Crippen LogP contribution in [0.4, 0.5) is 11.4 Å². The number of hydrogen-bond acceptors (Lipinski definition) is 4. The zero-order valence-electron chi connectivity index (χ0n) is 17.2. The Morgan fingerprint density at radius 3 is 2.03 bits per heavy atom. The molecule has 0 aliphatic heterocycles. The first-order chi connectivity index (χ1) is 14.9. The molecule has 6 nitrogen and oxygen atoms in total. The van der Waals surface area contributed by atoms with Crippen LogP contribution in [0.3, 0.4) is 0 Å². The van der Waals surface area contributed by atoms with Crippen molar-refractivity contribution < 1.29 is 18.0 Å². The maximum Gasteiger partial charge on any atom is 0.261 e. The van der Waals surface area contributed by atoms with Crippen LogP contribution in [0, 0.1) is 0 Å². The average molecular weight is 437 g/mol. The van der Waals surface area contributed by atoms with Crippen LogP contribution in [0.2, 0.25) is 0 Å². The van der Waals surface area contributed by atoms with Gasteiger partial charge >= 0.3 is 0 Å². The first-order valence-electron chi connectivity index (χ1n) is 9.97. The molecule has 0 spiro atoms. The molecule has 0 bridgehead atoms. The fraction of sp³-hybridized carbons (Fsp3) is 0.167. The summed E-state index contributed by atoms with van der Waals surface area (Å²) in [7, 11) is -3.72. The summed E-state index contributed by atoms with van der Waals surface area (Å²) >= 11 is 0. The lowest BCUT2D eigenvalue weighted by atomic mass is 10.0. The molecule has 0 aliphatic carbocycles. The van der Waals surface area contributed by atoms with Gasteiger partial charge in [-0.1, -0.05) is 49.4 Å². The summed E-state index contributed by atoms with van der Waals surface area (Å²) < 4.78 is 27.4. The van der Waals surface area contributed by atoms with Gasteiger partial charge in [-0.25, -0.2) is 8.42 Å². The Hall–Kier alpha value is -3.45. The van der Waals surface area contributed by atoms with Crippen molar-refractivity contribution in [3.8, 4) is 0 Å². The number of nitrogens with one attached hydrogen (secondary N) is 2. The molecule has 3 aromatic carbocycles. The number of carbonyl (C=O) groups is 2. The Morgan fingerprint density at radius 2 is 1.42 bits per heavy atom. The maximum absolute atomic E-state index is 12.5. The minimum Gasteiger partial charge on any atom is -0.326 e. The highest BCUT2D eigenvalue weighted by Crippen LogP contribution is 2.18. The van der Waals surface area contributed by atoms with Crippen LogP contribution in [0.15, 0.2) is 83.8 Å². The molecule has 0 fully saturated rings. The van der Waals surface area contributed by atoms with Crippen molar-refractivity contribution in [1.29, 1.82) is 0 Å². The van der Waals surface area contributed by atoms with Gasteiger partial charge in [-0.15, -0.1) is 0 Å². The van der Waals surface area contributed by atoms with Gasteiger partial charge in [-0.05, 0) is 48.4 Å². The van der Waals surface area contributed by atoms with Crippen molar-refractivity contribution in [3.63, 3.8) is 0 Å². The van der Waals surface area contributed by atoms with Gasteiger partial charge in [0, 0.05) is 29.8 Å². The lowest BCUT2D eigenvalue weighted by Gasteiger charge is -2.09. The molecule has 0 saturated carbocycles. The summed E-state index contributed by atoms with van der Waals surface area (Å²) in [6, 6.07) is 21.8. The minimum absolute atomic E-state index is 0.0456. The molecular formula is C24H24N2O4S. The summed E-state index contributed by atoms with van der Waals surface area (Å²) in [5.41, 5.74) is 2.67. The molecule has 3 aromatic rings. The number of hydrogen-bond donors (Lipinski definition) is 2. The molecule has 7 heteroatoms. The summed E-state index contributed by atoms with van der Waals surface area (Å²) in [5, 5.41) is 2.69. The van der Waals surface area contributed by atoms with E-state index in [1.165, 1.54) is 24.3 Å². The molecule has 160 valence electrons. The highest BCUT2D eigenvalue weighted by Gasteiger charge is 2.15. The van der Waals surface area contributed by atoms with E-state index in [1.807, 2.05) is 19.1 Å². The van der Waals surface area contributed by atoms with Gasteiger partial charge in [-0.3, -0.25) is 14.3 Å². The van der Waals surface area contributed by atoms with E-state index in [9.17, 15) is 18.0 Å². The summed E-state index contributed by atoms with van der Waals surface area (Å²) in [4.78, 5) is 24.5. The van der Waals surface area contributed by atoms with Crippen molar-refractivity contribution in [2.45, 2.75) is 31.1 Å². The van der Waals surface area contributed by atoms with E-state index in [1.54, 1.807) is 42.5 Å². The van der Waals surface area contributed by atoms with E-state index in [2.05, 4.69) is 10.0 Å². The van der Waals surface area contributed by atoms with Gasteiger partial charge < -0.3 is 5.32 Å². The lowest BCUT2D eigenvalue weighted by molar-refractivity contribution is -0.116. The number of para-hydroxylation sites is 1. The van der Waals surface area contributed by atoms with Crippen LogP contribution in [0.25, 0.3) is 0 Å². The lowest BCUT2D eigenvalue weighted by Crippen LogP contribution is -2.15. The van der Waals surface area contributed by atoms with Crippen molar-refractivity contribution in [2.24, 2.45) is 0 Å². The average Bonchev–Trinajstić information content (AvgIpc) is 2.78. The van der Waals surface area contributed by atoms with Gasteiger partial charge in [0.05, 0.1) is 4.90 Å². The van der Waals surface area contributed by atoms with Crippen molar-refractivity contribution in [1.82, 2.24) is 0 Å². The van der Waals surface area contributed by atoms with Crippen LogP contribution < -0.4 is 10.0 Å². The Labute approximate surface area is 182 Å². The predicted molar refractivity (Wildman–Crippen MR) is 122 cm³/mol. The van der Waals surface area contributed by atoms with Gasteiger partial charge in [0.1, 0.15) is 0 Å². The first-order valence-corrected chi connectivity index (χ1v) is 11.5. The Kier molecular flexibility index (Phi) is 7.20.